The first-order valence-corrected chi connectivity index (χ1v) is 6.18. The first kappa shape index (κ1) is 24.0. The van der Waals surface area contributed by atoms with Gasteiger partial charge in [-0.3, -0.25) is 4.79 Å². The molecule has 0 aliphatic heterocycles. The Balaban J connectivity index is -0.00000128. The Kier molecular flexibility index (Phi) is 18.1. The molecule has 7 heteroatoms. The monoisotopic (exact) mass is 317 g/mol. The molecule has 19 heavy (non-hydrogen) atoms. The van der Waals surface area contributed by atoms with E-state index in [1.54, 1.807) is 7.11 Å². The van der Waals surface area contributed by atoms with Crippen molar-refractivity contribution in [2.75, 3.05) is 40.4 Å². The number of rotatable bonds is 9. The predicted octanol–water partition coefficient (Wildman–Crippen LogP) is 0.898. The van der Waals surface area contributed by atoms with Gasteiger partial charge in [0.25, 0.3) is 0 Å². The van der Waals surface area contributed by atoms with Crippen LogP contribution in [0.4, 0.5) is 0 Å². The summed E-state index contributed by atoms with van der Waals surface area (Å²) in [4.78, 5) is 13.7. The van der Waals surface area contributed by atoms with Gasteiger partial charge in [0, 0.05) is 26.7 Å². The summed E-state index contributed by atoms with van der Waals surface area (Å²) in [5.41, 5.74) is 5.77. The predicted molar refractivity (Wildman–Crippen MR) is 84.3 cm³/mol. The average molecular weight is 318 g/mol. The van der Waals surface area contributed by atoms with Gasteiger partial charge in [-0.15, -0.1) is 24.8 Å². The molecule has 5 nitrogen and oxygen atoms in total. The maximum Gasteiger partial charge on any atom is 0.236 e. The number of nitrogens with two attached hydrogens (primary N) is 1. The van der Waals surface area contributed by atoms with Crippen LogP contribution in [0.5, 0.6) is 0 Å². The molecule has 0 fully saturated rings. The fourth-order valence-electron chi connectivity index (χ4n) is 1.47. The van der Waals surface area contributed by atoms with Crippen molar-refractivity contribution < 1.29 is 9.53 Å². The third-order valence-electron chi connectivity index (χ3n) is 2.53. The second-order valence-corrected chi connectivity index (χ2v) is 4.82. The number of nitrogens with zero attached hydrogens (tertiary/aromatic N) is 1. The summed E-state index contributed by atoms with van der Waals surface area (Å²) in [7, 11) is 3.68. The summed E-state index contributed by atoms with van der Waals surface area (Å²) in [6.45, 7) is 7.13. The minimum absolute atomic E-state index is 0. The fraction of sp³-hybridized carbons (Fsp3) is 0.917. The van der Waals surface area contributed by atoms with E-state index in [9.17, 15) is 4.79 Å². The molecule has 0 aromatic heterocycles. The summed E-state index contributed by atoms with van der Waals surface area (Å²) in [6.07, 6.45) is 0.728. The molecular weight excluding hydrogens is 289 g/mol. The maximum absolute atomic E-state index is 11.6. The normalized spacial score (nSPS) is 11.7. The number of carbonyl (C=O) groups excluding carboxylic acids is 1. The Morgan fingerprint density at radius 1 is 1.32 bits per heavy atom. The second-order valence-electron chi connectivity index (χ2n) is 4.82. The van der Waals surface area contributed by atoms with Gasteiger partial charge in [0.2, 0.25) is 5.91 Å². The van der Waals surface area contributed by atoms with E-state index in [2.05, 4.69) is 24.1 Å². The van der Waals surface area contributed by atoms with Crippen LogP contribution in [0.3, 0.4) is 0 Å². The zero-order valence-electron chi connectivity index (χ0n) is 12.3. The number of halogens is 2. The SMILES string of the molecule is COCCN(C)CCNC(=O)[C@@H](N)CC(C)C.Cl.Cl. The van der Waals surface area contributed by atoms with Crippen LogP contribution < -0.4 is 11.1 Å². The Morgan fingerprint density at radius 3 is 2.37 bits per heavy atom. The highest BCUT2D eigenvalue weighted by molar-refractivity contribution is 5.85. The summed E-state index contributed by atoms with van der Waals surface area (Å²) < 4.78 is 4.97. The van der Waals surface area contributed by atoms with Gasteiger partial charge in [-0.05, 0) is 19.4 Å². The lowest BCUT2D eigenvalue weighted by Crippen LogP contribution is -2.44. The smallest absolute Gasteiger partial charge is 0.236 e. The lowest BCUT2D eigenvalue weighted by atomic mass is 10.0. The molecule has 0 aliphatic rings. The van der Waals surface area contributed by atoms with E-state index in [-0.39, 0.29) is 36.8 Å². The van der Waals surface area contributed by atoms with Crippen LogP contribution in [0, 0.1) is 5.92 Å². The van der Waals surface area contributed by atoms with Crippen LogP contribution >= 0.6 is 24.8 Å². The van der Waals surface area contributed by atoms with Crippen molar-refractivity contribution >= 4 is 30.7 Å². The van der Waals surface area contributed by atoms with Gasteiger partial charge in [0.1, 0.15) is 0 Å². The van der Waals surface area contributed by atoms with E-state index >= 15 is 0 Å². The van der Waals surface area contributed by atoms with Gasteiger partial charge >= 0.3 is 0 Å². The average Bonchev–Trinajstić information content (AvgIpc) is 2.25. The molecular formula is C12H29Cl2N3O2. The summed E-state index contributed by atoms with van der Waals surface area (Å²) >= 11 is 0. The van der Waals surface area contributed by atoms with Crippen LogP contribution in [0.15, 0.2) is 0 Å². The first-order chi connectivity index (χ1) is 7.97. The van der Waals surface area contributed by atoms with E-state index in [1.165, 1.54) is 0 Å². The number of methoxy groups -OCH3 is 1. The van der Waals surface area contributed by atoms with E-state index in [0.717, 1.165) is 19.5 Å². The zero-order chi connectivity index (χ0) is 13.3. The van der Waals surface area contributed by atoms with Crippen LogP contribution in [0.1, 0.15) is 20.3 Å². The molecule has 0 unspecified atom stereocenters. The minimum atomic E-state index is -0.390. The van der Waals surface area contributed by atoms with Gasteiger partial charge in [-0.2, -0.15) is 0 Å². The molecule has 0 saturated heterocycles. The molecule has 1 amide bonds. The Morgan fingerprint density at radius 2 is 1.89 bits per heavy atom. The minimum Gasteiger partial charge on any atom is -0.383 e. The molecule has 0 aromatic rings. The maximum atomic E-state index is 11.6. The van der Waals surface area contributed by atoms with E-state index in [0.29, 0.717) is 19.1 Å². The quantitative estimate of drug-likeness (QED) is 0.663. The molecule has 0 rings (SSSR count). The van der Waals surface area contributed by atoms with Crippen LogP contribution in [0.2, 0.25) is 0 Å². The van der Waals surface area contributed by atoms with Crippen molar-refractivity contribution in [3.8, 4) is 0 Å². The second kappa shape index (κ2) is 14.3. The topological polar surface area (TPSA) is 67.6 Å². The number of carbonyl (C=O) groups is 1. The molecule has 0 radical (unpaired) electrons. The summed E-state index contributed by atoms with van der Waals surface area (Å²) in [6, 6.07) is -0.390. The van der Waals surface area contributed by atoms with Crippen molar-refractivity contribution in [2.24, 2.45) is 11.7 Å². The van der Waals surface area contributed by atoms with Crippen molar-refractivity contribution in [2.45, 2.75) is 26.3 Å². The van der Waals surface area contributed by atoms with Gasteiger partial charge in [0.05, 0.1) is 12.6 Å². The number of ether oxygens (including phenoxy) is 1. The Bertz CT molecular complexity index is 219. The van der Waals surface area contributed by atoms with Gasteiger partial charge < -0.3 is 20.7 Å². The van der Waals surface area contributed by atoms with Gasteiger partial charge in [-0.25, -0.2) is 0 Å². The standard InChI is InChI=1S/C12H27N3O2.2ClH/c1-10(2)9-11(13)12(16)14-5-6-15(3)7-8-17-4;;/h10-11H,5-9,13H2,1-4H3,(H,14,16);2*1H/t11-;;/m0../s1. The van der Waals surface area contributed by atoms with Crippen molar-refractivity contribution in [3.05, 3.63) is 0 Å². The molecule has 118 valence electrons. The molecule has 0 saturated carbocycles. The molecule has 3 N–H and O–H groups in total. The zero-order valence-corrected chi connectivity index (χ0v) is 14.0. The van der Waals surface area contributed by atoms with E-state index in [1.807, 2.05) is 7.05 Å². The molecule has 1 atom stereocenters. The number of likely N-dealkylation sites (N-methyl/N-ethyl adjacent to an activating group) is 1. The summed E-state index contributed by atoms with van der Waals surface area (Å²) in [5.74, 6) is 0.388. The van der Waals surface area contributed by atoms with E-state index < -0.39 is 0 Å². The Hall–Kier alpha value is -0.0700. The van der Waals surface area contributed by atoms with Crippen LogP contribution in [0.25, 0.3) is 0 Å². The van der Waals surface area contributed by atoms with Crippen LogP contribution in [-0.4, -0.2) is 57.2 Å². The number of hydrogen-bond donors (Lipinski definition) is 2. The number of amides is 1. The molecule has 0 bridgehead atoms. The van der Waals surface area contributed by atoms with Crippen molar-refractivity contribution in [1.29, 1.82) is 0 Å². The molecule has 0 aromatic carbocycles. The van der Waals surface area contributed by atoms with Crippen LogP contribution in [-0.2, 0) is 9.53 Å². The fourth-order valence-corrected chi connectivity index (χ4v) is 1.47. The largest absolute Gasteiger partial charge is 0.383 e. The lowest BCUT2D eigenvalue weighted by molar-refractivity contribution is -0.122. The highest BCUT2D eigenvalue weighted by Gasteiger charge is 2.14. The number of nitrogens with one attached hydrogen (secondary N) is 1. The first-order valence-electron chi connectivity index (χ1n) is 6.18. The van der Waals surface area contributed by atoms with Crippen molar-refractivity contribution in [3.63, 3.8) is 0 Å². The Labute approximate surface area is 129 Å². The lowest BCUT2D eigenvalue weighted by Gasteiger charge is -2.18. The third kappa shape index (κ3) is 14.2. The van der Waals surface area contributed by atoms with Crippen molar-refractivity contribution in [1.82, 2.24) is 10.2 Å². The number of hydrogen-bond acceptors (Lipinski definition) is 4. The molecule has 0 aliphatic carbocycles. The van der Waals surface area contributed by atoms with Gasteiger partial charge in [0.15, 0.2) is 0 Å². The highest BCUT2D eigenvalue weighted by atomic mass is 35.5. The van der Waals surface area contributed by atoms with E-state index in [4.69, 9.17) is 10.5 Å². The third-order valence-corrected chi connectivity index (χ3v) is 2.53. The molecule has 0 spiro atoms. The highest BCUT2D eigenvalue weighted by Crippen LogP contribution is 2.02. The summed E-state index contributed by atoms with van der Waals surface area (Å²) in [5, 5.41) is 2.85. The molecule has 0 heterocycles. The van der Waals surface area contributed by atoms with Gasteiger partial charge in [-0.1, -0.05) is 13.8 Å².